The molecule has 0 radical (unpaired) electrons. The average molecular weight is 528 g/mol. The summed E-state index contributed by atoms with van der Waals surface area (Å²) in [6.45, 7) is 2.11. The minimum absolute atomic E-state index is 0.0874. The van der Waals surface area contributed by atoms with E-state index in [-0.39, 0.29) is 54.9 Å². The van der Waals surface area contributed by atoms with E-state index in [9.17, 15) is 14.7 Å². The van der Waals surface area contributed by atoms with Crippen molar-refractivity contribution in [2.45, 2.75) is 24.8 Å². The van der Waals surface area contributed by atoms with Crippen LogP contribution in [-0.4, -0.2) is 64.2 Å². The molecule has 4 atom stereocenters. The molecule has 0 aromatic heterocycles. The number of hydrogen-bond acceptors (Lipinski definition) is 10. The van der Waals surface area contributed by atoms with Crippen molar-refractivity contribution in [3.05, 3.63) is 41.0 Å². The predicted octanol–water partition coefficient (Wildman–Crippen LogP) is 1.56. The molecule has 0 spiro atoms. The van der Waals surface area contributed by atoms with Gasteiger partial charge in [0.2, 0.25) is 18.4 Å². The van der Waals surface area contributed by atoms with Crippen molar-refractivity contribution in [1.29, 1.82) is 0 Å². The van der Waals surface area contributed by atoms with Gasteiger partial charge in [0.25, 0.3) is 0 Å². The van der Waals surface area contributed by atoms with E-state index < -0.39 is 17.9 Å². The molecule has 11 nitrogen and oxygen atoms in total. The summed E-state index contributed by atoms with van der Waals surface area (Å²) in [6.07, 6.45) is 1.12. The van der Waals surface area contributed by atoms with Crippen LogP contribution in [0.3, 0.4) is 0 Å². The van der Waals surface area contributed by atoms with Gasteiger partial charge < -0.3 is 45.2 Å². The molecule has 2 aromatic rings. The van der Waals surface area contributed by atoms with Gasteiger partial charge in [0.1, 0.15) is 0 Å². The summed E-state index contributed by atoms with van der Waals surface area (Å²) in [5.74, 6) is -0.398. The van der Waals surface area contributed by atoms with Crippen molar-refractivity contribution in [3.8, 4) is 28.7 Å². The van der Waals surface area contributed by atoms with Crippen molar-refractivity contribution >= 4 is 11.9 Å². The van der Waals surface area contributed by atoms with Gasteiger partial charge in [-0.2, -0.15) is 0 Å². The van der Waals surface area contributed by atoms with Gasteiger partial charge >= 0.3 is 5.97 Å². The maximum atomic E-state index is 13.2. The smallest absolute Gasteiger partial charge is 0.310 e. The molecule has 11 heteroatoms. The molecule has 1 saturated heterocycles. The van der Waals surface area contributed by atoms with Crippen LogP contribution in [0.15, 0.2) is 24.3 Å². The number of esters is 1. The molecule has 3 aliphatic rings. The molecule has 0 saturated carbocycles. The minimum atomic E-state index is -0.588. The van der Waals surface area contributed by atoms with E-state index in [1.54, 1.807) is 12.1 Å². The molecule has 204 valence electrons. The fourth-order valence-electron chi connectivity index (χ4n) is 5.64. The molecule has 5 rings (SSSR count). The molecule has 2 aromatic carbocycles. The van der Waals surface area contributed by atoms with Gasteiger partial charge in [0.15, 0.2) is 23.0 Å². The molecule has 1 amide bonds. The highest BCUT2D eigenvalue weighted by molar-refractivity contribution is 5.81. The predicted molar refractivity (Wildman–Crippen MR) is 136 cm³/mol. The van der Waals surface area contributed by atoms with Gasteiger partial charge in [0, 0.05) is 24.8 Å². The van der Waals surface area contributed by atoms with Crippen molar-refractivity contribution in [2.24, 2.45) is 17.6 Å². The number of ether oxygens (including phenoxy) is 5. The molecule has 1 aliphatic carbocycles. The zero-order valence-corrected chi connectivity index (χ0v) is 21.5. The summed E-state index contributed by atoms with van der Waals surface area (Å²) < 4.78 is 27.7. The first-order valence-corrected chi connectivity index (χ1v) is 12.7. The van der Waals surface area contributed by atoms with Gasteiger partial charge in [-0.05, 0) is 60.5 Å². The number of benzene rings is 2. The molecule has 4 unspecified atom stereocenters. The number of hydrogen-bond donors (Lipinski definition) is 4. The number of fused-ring (bicyclic) bond motifs is 3. The van der Waals surface area contributed by atoms with Crippen molar-refractivity contribution in [3.63, 3.8) is 0 Å². The third-order valence-electron chi connectivity index (χ3n) is 7.45. The number of phenolic OH excluding ortho intramolecular Hbond substituents is 1. The van der Waals surface area contributed by atoms with Gasteiger partial charge in [-0.15, -0.1) is 0 Å². The number of cyclic esters (lactones) is 1. The number of nitrogens with one attached hydrogen (secondary N) is 2. The second-order valence-electron chi connectivity index (χ2n) is 9.59. The maximum Gasteiger partial charge on any atom is 0.310 e. The lowest BCUT2D eigenvalue weighted by atomic mass is 9.65. The Kier molecular flexibility index (Phi) is 7.48. The number of rotatable bonds is 10. The number of carbonyl (C=O) groups is 2. The lowest BCUT2D eigenvalue weighted by Gasteiger charge is -2.39. The fourth-order valence-corrected chi connectivity index (χ4v) is 5.64. The number of aromatic hydroxyl groups is 1. The highest BCUT2D eigenvalue weighted by atomic mass is 16.7. The van der Waals surface area contributed by atoms with Gasteiger partial charge in [-0.25, -0.2) is 0 Å². The number of phenols is 1. The molecule has 2 heterocycles. The Morgan fingerprint density at radius 1 is 1.05 bits per heavy atom. The fraction of sp³-hybridized carbons (Fsp3) is 0.481. The minimum Gasteiger partial charge on any atom is -0.502 e. The van der Waals surface area contributed by atoms with Gasteiger partial charge in [0.05, 0.1) is 32.8 Å². The van der Waals surface area contributed by atoms with E-state index in [1.165, 1.54) is 14.2 Å². The highest BCUT2D eigenvalue weighted by Gasteiger charge is 2.53. The Morgan fingerprint density at radius 3 is 2.39 bits per heavy atom. The Hall–Kier alpha value is -3.70. The molecule has 2 aliphatic heterocycles. The van der Waals surface area contributed by atoms with Crippen LogP contribution < -0.4 is 35.3 Å². The van der Waals surface area contributed by atoms with Gasteiger partial charge in [-0.1, -0.05) is 0 Å². The second kappa shape index (κ2) is 11.0. The Balaban J connectivity index is 1.55. The highest BCUT2D eigenvalue weighted by Crippen LogP contribution is 2.55. The maximum absolute atomic E-state index is 13.2. The Bertz CT molecular complexity index is 1190. The van der Waals surface area contributed by atoms with E-state index in [1.807, 2.05) is 12.1 Å². The number of nitrogens with two attached hydrogens (primary N) is 1. The van der Waals surface area contributed by atoms with Crippen molar-refractivity contribution < 1.29 is 38.4 Å². The average Bonchev–Trinajstić information content (AvgIpc) is 3.54. The van der Waals surface area contributed by atoms with Crippen LogP contribution in [0.1, 0.15) is 41.5 Å². The summed E-state index contributed by atoms with van der Waals surface area (Å²) in [4.78, 5) is 26.2. The van der Waals surface area contributed by atoms with E-state index >= 15 is 0 Å². The summed E-state index contributed by atoms with van der Waals surface area (Å²) in [7, 11) is 2.91. The monoisotopic (exact) mass is 527 g/mol. The van der Waals surface area contributed by atoms with Crippen molar-refractivity contribution in [2.75, 3.05) is 47.3 Å². The topological polar surface area (TPSA) is 151 Å². The first-order valence-electron chi connectivity index (χ1n) is 12.7. The van der Waals surface area contributed by atoms with E-state index in [4.69, 9.17) is 29.4 Å². The Morgan fingerprint density at radius 2 is 1.74 bits per heavy atom. The zero-order chi connectivity index (χ0) is 26.8. The van der Waals surface area contributed by atoms with Crippen LogP contribution in [0.5, 0.6) is 28.7 Å². The van der Waals surface area contributed by atoms with Gasteiger partial charge in [-0.3, -0.25) is 9.59 Å². The van der Waals surface area contributed by atoms with Crippen LogP contribution >= 0.6 is 0 Å². The molecule has 5 N–H and O–H groups in total. The lowest BCUT2D eigenvalue weighted by molar-refractivity contribution is -0.141. The Labute approximate surface area is 220 Å². The van der Waals surface area contributed by atoms with Crippen LogP contribution in [0, 0.1) is 11.8 Å². The number of methoxy groups -OCH3 is 2. The summed E-state index contributed by atoms with van der Waals surface area (Å²) in [5, 5.41) is 16.9. The molecule has 0 bridgehead atoms. The standard InChI is InChI=1S/C27H33N3O8/c1-34-20-8-14(9-21(35-2)26(20)32)23-15-10-18-19(38-13-37-18)11-16(15)25(17-12-36-27(33)24(17)23)30-22(31)4-7-29-6-3-5-28/h8-11,17,23-25,29,32H,3-7,12-13,28H2,1-2H3,(H,30,31). The molecule has 1 fully saturated rings. The number of amides is 1. The molecular weight excluding hydrogens is 494 g/mol. The molecule has 38 heavy (non-hydrogen) atoms. The van der Waals surface area contributed by atoms with Crippen LogP contribution in [0.25, 0.3) is 0 Å². The summed E-state index contributed by atoms with van der Waals surface area (Å²) in [6, 6.07) is 6.67. The number of carbonyl (C=O) groups excluding carboxylic acids is 2. The van der Waals surface area contributed by atoms with Crippen molar-refractivity contribution in [1.82, 2.24) is 10.6 Å². The van der Waals surface area contributed by atoms with E-state index in [0.29, 0.717) is 30.2 Å². The third-order valence-corrected chi connectivity index (χ3v) is 7.45. The second-order valence-corrected chi connectivity index (χ2v) is 9.59. The summed E-state index contributed by atoms with van der Waals surface area (Å²) in [5.41, 5.74) is 7.86. The lowest BCUT2D eigenvalue weighted by Crippen LogP contribution is -2.43. The first kappa shape index (κ1) is 25.9. The normalized spacial score (nSPS) is 22.9. The van der Waals surface area contributed by atoms with Crippen LogP contribution in [-0.2, 0) is 14.3 Å². The summed E-state index contributed by atoms with van der Waals surface area (Å²) >= 11 is 0. The third kappa shape index (κ3) is 4.67. The zero-order valence-electron chi connectivity index (χ0n) is 21.5. The quantitative estimate of drug-likeness (QED) is 0.265. The van der Waals surface area contributed by atoms with Crippen LogP contribution in [0.4, 0.5) is 0 Å². The van der Waals surface area contributed by atoms with E-state index in [2.05, 4.69) is 10.6 Å². The first-order chi connectivity index (χ1) is 18.5. The largest absolute Gasteiger partial charge is 0.502 e. The van der Waals surface area contributed by atoms with E-state index in [0.717, 1.165) is 24.1 Å². The van der Waals surface area contributed by atoms with Crippen LogP contribution in [0.2, 0.25) is 0 Å². The molecular formula is C27H33N3O8. The SMILES string of the molecule is COc1cc(C2c3cc4c(cc3C(NC(=O)CCNCCCN)C3COC(=O)C23)OCO4)cc(OC)c1O.